The zero-order valence-corrected chi connectivity index (χ0v) is 23.2. The van der Waals surface area contributed by atoms with Gasteiger partial charge in [0.25, 0.3) is 5.91 Å². The van der Waals surface area contributed by atoms with Crippen molar-refractivity contribution in [3.63, 3.8) is 0 Å². The maximum atomic E-state index is 13.8. The highest BCUT2D eigenvalue weighted by atomic mass is 35.5. The van der Waals surface area contributed by atoms with E-state index in [1.807, 2.05) is 42.5 Å². The summed E-state index contributed by atoms with van der Waals surface area (Å²) in [5.74, 6) is 1.06. The summed E-state index contributed by atoms with van der Waals surface area (Å²) in [6, 6.07) is 21.6. The van der Waals surface area contributed by atoms with Crippen LogP contribution in [-0.2, 0) is 22.6 Å². The minimum atomic E-state index is -0.723. The van der Waals surface area contributed by atoms with E-state index in [-0.39, 0.29) is 31.0 Å². The van der Waals surface area contributed by atoms with E-state index in [4.69, 9.17) is 25.8 Å². The molecule has 0 unspecified atom stereocenters. The maximum absolute atomic E-state index is 13.8. The van der Waals surface area contributed by atoms with Crippen LogP contribution in [0.3, 0.4) is 0 Å². The van der Waals surface area contributed by atoms with Crippen LogP contribution in [-0.4, -0.2) is 49.6 Å². The standard InChI is InChI=1S/C31H35ClN2O5/c1-37-26-17-27(38-2)19-28(18-26)39-21-30(35)34(20-23-12-14-24(32)15-13-23)29(16-22-8-4-3-5-9-22)31(36)33-25-10-6-7-11-25/h3-5,8-9,12-15,17-19,25,29H,6-7,10-11,16,20-21H2,1-2H3,(H,33,36)/t29-/m0/s1. The lowest BCUT2D eigenvalue weighted by molar-refractivity contribution is -0.143. The lowest BCUT2D eigenvalue weighted by Gasteiger charge is -2.32. The van der Waals surface area contributed by atoms with E-state index in [1.165, 1.54) is 0 Å². The molecule has 1 N–H and O–H groups in total. The van der Waals surface area contributed by atoms with E-state index in [0.717, 1.165) is 36.8 Å². The molecule has 1 aliphatic rings. The normalized spacial score (nSPS) is 13.9. The molecule has 0 bridgehead atoms. The fourth-order valence-electron chi connectivity index (χ4n) is 4.80. The molecule has 0 radical (unpaired) electrons. The molecule has 7 nitrogen and oxygen atoms in total. The Bertz CT molecular complexity index is 1210. The third-order valence-electron chi connectivity index (χ3n) is 6.93. The summed E-state index contributed by atoms with van der Waals surface area (Å²) in [6.45, 7) is -0.0255. The maximum Gasteiger partial charge on any atom is 0.261 e. The fraction of sp³-hybridized carbons (Fsp3) is 0.355. The summed E-state index contributed by atoms with van der Waals surface area (Å²) in [5, 5.41) is 3.81. The molecular weight excluding hydrogens is 516 g/mol. The third-order valence-corrected chi connectivity index (χ3v) is 7.18. The highest BCUT2D eigenvalue weighted by molar-refractivity contribution is 6.30. The Balaban J connectivity index is 1.61. The van der Waals surface area contributed by atoms with Crippen LogP contribution in [0, 0.1) is 0 Å². The summed E-state index contributed by atoms with van der Waals surface area (Å²) >= 11 is 6.11. The van der Waals surface area contributed by atoms with Crippen molar-refractivity contribution in [2.45, 2.75) is 50.7 Å². The van der Waals surface area contributed by atoms with Crippen molar-refractivity contribution in [2.75, 3.05) is 20.8 Å². The van der Waals surface area contributed by atoms with Crippen LogP contribution >= 0.6 is 11.6 Å². The van der Waals surface area contributed by atoms with E-state index in [9.17, 15) is 9.59 Å². The molecule has 206 valence electrons. The summed E-state index contributed by atoms with van der Waals surface area (Å²) in [6.07, 6.45) is 4.48. The van der Waals surface area contributed by atoms with Crippen LogP contribution in [0.15, 0.2) is 72.8 Å². The zero-order valence-electron chi connectivity index (χ0n) is 22.4. The van der Waals surface area contributed by atoms with Gasteiger partial charge in [0.05, 0.1) is 14.2 Å². The number of hydrogen-bond acceptors (Lipinski definition) is 5. The predicted molar refractivity (Wildman–Crippen MR) is 151 cm³/mol. The number of amides is 2. The van der Waals surface area contributed by atoms with Gasteiger partial charge in [-0.2, -0.15) is 0 Å². The van der Waals surface area contributed by atoms with Gasteiger partial charge in [0.1, 0.15) is 23.3 Å². The first-order chi connectivity index (χ1) is 18.9. The largest absolute Gasteiger partial charge is 0.496 e. The average Bonchev–Trinajstić information content (AvgIpc) is 3.48. The summed E-state index contributed by atoms with van der Waals surface area (Å²) in [7, 11) is 3.10. The number of methoxy groups -OCH3 is 2. The van der Waals surface area contributed by atoms with Gasteiger partial charge in [0.15, 0.2) is 6.61 Å². The van der Waals surface area contributed by atoms with Crippen LogP contribution in [0.5, 0.6) is 17.2 Å². The number of nitrogens with one attached hydrogen (secondary N) is 1. The molecule has 8 heteroatoms. The predicted octanol–water partition coefficient (Wildman–Crippen LogP) is 5.43. The summed E-state index contributed by atoms with van der Waals surface area (Å²) in [4.78, 5) is 29.1. The van der Waals surface area contributed by atoms with Gasteiger partial charge in [-0.1, -0.05) is 66.9 Å². The molecule has 4 rings (SSSR count). The molecule has 0 aliphatic heterocycles. The van der Waals surface area contributed by atoms with Crippen molar-refractivity contribution < 1.29 is 23.8 Å². The number of benzene rings is 3. The quantitative estimate of drug-likeness (QED) is 0.325. The first-order valence-corrected chi connectivity index (χ1v) is 13.6. The number of hydrogen-bond donors (Lipinski definition) is 1. The molecule has 1 saturated carbocycles. The van der Waals surface area contributed by atoms with Crippen molar-refractivity contribution in [1.82, 2.24) is 10.2 Å². The van der Waals surface area contributed by atoms with Crippen LogP contribution < -0.4 is 19.5 Å². The van der Waals surface area contributed by atoms with E-state index >= 15 is 0 Å². The third kappa shape index (κ3) is 8.14. The SMILES string of the molecule is COc1cc(OC)cc(OCC(=O)N(Cc2ccc(Cl)cc2)[C@@H](Cc2ccccc2)C(=O)NC2CCCC2)c1. The Hall–Kier alpha value is -3.71. The van der Waals surface area contributed by atoms with Crippen molar-refractivity contribution >= 4 is 23.4 Å². The van der Waals surface area contributed by atoms with Gasteiger partial charge in [-0.15, -0.1) is 0 Å². The zero-order chi connectivity index (χ0) is 27.6. The van der Waals surface area contributed by atoms with Crippen LogP contribution in [0.1, 0.15) is 36.8 Å². The molecular formula is C31H35ClN2O5. The minimum absolute atomic E-state index is 0.128. The highest BCUT2D eigenvalue weighted by Crippen LogP contribution is 2.28. The molecule has 0 heterocycles. The molecule has 3 aromatic rings. The van der Waals surface area contributed by atoms with Gasteiger partial charge in [-0.05, 0) is 36.1 Å². The second-order valence-corrected chi connectivity index (χ2v) is 10.1. The molecule has 1 atom stereocenters. The Morgan fingerprint density at radius 1 is 0.897 bits per heavy atom. The van der Waals surface area contributed by atoms with Gasteiger partial charge in [0.2, 0.25) is 5.91 Å². The van der Waals surface area contributed by atoms with Crippen molar-refractivity contribution in [2.24, 2.45) is 0 Å². The number of nitrogens with zero attached hydrogens (tertiary/aromatic N) is 1. The van der Waals surface area contributed by atoms with Gasteiger partial charge in [-0.25, -0.2) is 0 Å². The van der Waals surface area contributed by atoms with E-state index < -0.39 is 6.04 Å². The average molecular weight is 551 g/mol. The molecule has 0 spiro atoms. The van der Waals surface area contributed by atoms with Crippen molar-refractivity contribution in [3.8, 4) is 17.2 Å². The Kier molecular flexibility index (Phi) is 10.1. The van der Waals surface area contributed by atoms with E-state index in [1.54, 1.807) is 49.5 Å². The number of rotatable bonds is 12. The van der Waals surface area contributed by atoms with Crippen molar-refractivity contribution in [3.05, 3.63) is 88.9 Å². The molecule has 0 saturated heterocycles. The number of halogens is 1. The van der Waals surface area contributed by atoms with E-state index in [0.29, 0.717) is 28.7 Å². The smallest absolute Gasteiger partial charge is 0.261 e. The fourth-order valence-corrected chi connectivity index (χ4v) is 4.93. The van der Waals surface area contributed by atoms with Crippen LogP contribution in [0.2, 0.25) is 5.02 Å². The summed E-state index contributed by atoms with van der Waals surface area (Å²) < 4.78 is 16.5. The Morgan fingerprint density at radius 2 is 1.51 bits per heavy atom. The Morgan fingerprint density at radius 3 is 2.13 bits per heavy atom. The second-order valence-electron chi connectivity index (χ2n) is 9.68. The van der Waals surface area contributed by atoms with Crippen LogP contribution in [0.4, 0.5) is 0 Å². The molecule has 3 aromatic carbocycles. The van der Waals surface area contributed by atoms with Gasteiger partial charge < -0.3 is 24.4 Å². The molecule has 2 amide bonds. The molecule has 39 heavy (non-hydrogen) atoms. The first-order valence-electron chi connectivity index (χ1n) is 13.2. The molecule has 1 fully saturated rings. The monoisotopic (exact) mass is 550 g/mol. The minimum Gasteiger partial charge on any atom is -0.496 e. The number of carbonyl (C=O) groups is 2. The highest BCUT2D eigenvalue weighted by Gasteiger charge is 2.32. The first kappa shape index (κ1) is 28.3. The number of ether oxygens (including phenoxy) is 3. The van der Waals surface area contributed by atoms with Gasteiger partial charge in [0, 0.05) is 42.2 Å². The van der Waals surface area contributed by atoms with Gasteiger partial charge >= 0.3 is 0 Å². The molecule has 1 aliphatic carbocycles. The topological polar surface area (TPSA) is 77.1 Å². The van der Waals surface area contributed by atoms with Crippen LogP contribution in [0.25, 0.3) is 0 Å². The lowest BCUT2D eigenvalue weighted by Crippen LogP contribution is -2.53. The van der Waals surface area contributed by atoms with E-state index in [2.05, 4.69) is 5.32 Å². The Labute approximate surface area is 235 Å². The lowest BCUT2D eigenvalue weighted by atomic mass is 10.0. The second kappa shape index (κ2) is 13.9. The van der Waals surface area contributed by atoms with Gasteiger partial charge in [-0.3, -0.25) is 9.59 Å². The van der Waals surface area contributed by atoms with Crippen molar-refractivity contribution in [1.29, 1.82) is 0 Å². The molecule has 0 aromatic heterocycles. The number of carbonyl (C=O) groups excluding carboxylic acids is 2. The summed E-state index contributed by atoms with van der Waals surface area (Å²) in [5.41, 5.74) is 1.83.